The molecule has 0 atom stereocenters. The van der Waals surface area contributed by atoms with E-state index in [1.54, 1.807) is 11.3 Å². The molecule has 0 aliphatic carbocycles. The summed E-state index contributed by atoms with van der Waals surface area (Å²) in [6.07, 6.45) is 0.595. The molecule has 0 fully saturated rings. The number of carbonyl (C=O) groups excluding carboxylic acids is 1. The lowest BCUT2D eigenvalue weighted by atomic mass is 9.98. The summed E-state index contributed by atoms with van der Waals surface area (Å²) in [5.41, 5.74) is 1.69. The molecule has 0 saturated carbocycles. The van der Waals surface area contributed by atoms with Crippen molar-refractivity contribution in [3.63, 3.8) is 0 Å². The molecule has 0 bridgehead atoms. The van der Waals surface area contributed by atoms with Gasteiger partial charge in [0.25, 0.3) is 0 Å². The Morgan fingerprint density at radius 2 is 1.90 bits per heavy atom. The van der Waals surface area contributed by atoms with Gasteiger partial charge in [0, 0.05) is 10.3 Å². The van der Waals surface area contributed by atoms with Gasteiger partial charge in [-0.15, -0.1) is 11.3 Å². The lowest BCUT2D eigenvalue weighted by molar-refractivity contribution is 0.0636. The highest BCUT2D eigenvalue weighted by molar-refractivity contribution is 7.10. The van der Waals surface area contributed by atoms with E-state index < -0.39 is 5.60 Å². The van der Waals surface area contributed by atoms with Crippen LogP contribution in [0.5, 0.6) is 0 Å². The van der Waals surface area contributed by atoms with Crippen LogP contribution in [0.25, 0.3) is 0 Å². The third kappa shape index (κ3) is 5.16. The largest absolute Gasteiger partial charge is 0.444 e. The number of ether oxygens (including phenoxy) is 1. The first-order valence-electron chi connectivity index (χ1n) is 7.20. The van der Waals surface area contributed by atoms with Crippen LogP contribution in [0.15, 0.2) is 5.38 Å². The second-order valence-electron chi connectivity index (χ2n) is 6.87. The molecule has 0 aromatic carbocycles. The van der Waals surface area contributed by atoms with Gasteiger partial charge in [0.15, 0.2) is 0 Å². The predicted molar refractivity (Wildman–Crippen MR) is 86.8 cm³/mol. The molecule has 1 rings (SSSR count). The van der Waals surface area contributed by atoms with Crippen molar-refractivity contribution >= 4 is 23.1 Å². The van der Waals surface area contributed by atoms with Crippen LogP contribution in [-0.2, 0) is 11.2 Å². The number of anilines is 1. The molecule has 0 spiro atoms. The first kappa shape index (κ1) is 17.0. The zero-order valence-corrected chi connectivity index (χ0v) is 14.5. The van der Waals surface area contributed by atoms with E-state index in [1.165, 1.54) is 10.4 Å². The minimum atomic E-state index is -0.473. The molecule has 20 heavy (non-hydrogen) atoms. The molecular weight excluding hydrogens is 270 g/mol. The van der Waals surface area contributed by atoms with Gasteiger partial charge >= 0.3 is 6.09 Å². The van der Waals surface area contributed by atoms with E-state index in [2.05, 4.69) is 33.0 Å². The summed E-state index contributed by atoms with van der Waals surface area (Å²) < 4.78 is 5.33. The monoisotopic (exact) mass is 297 g/mol. The van der Waals surface area contributed by atoms with Crippen molar-refractivity contribution < 1.29 is 9.53 Å². The molecule has 0 aliphatic rings. The van der Waals surface area contributed by atoms with E-state index >= 15 is 0 Å². The van der Waals surface area contributed by atoms with Gasteiger partial charge < -0.3 is 4.74 Å². The summed E-state index contributed by atoms with van der Waals surface area (Å²) in [5, 5.41) is 4.92. The van der Waals surface area contributed by atoms with Gasteiger partial charge in [0.05, 0.1) is 5.69 Å². The number of nitrogens with one attached hydrogen (secondary N) is 1. The lowest BCUT2D eigenvalue weighted by Gasteiger charge is -2.20. The van der Waals surface area contributed by atoms with E-state index in [9.17, 15) is 4.79 Å². The zero-order valence-electron chi connectivity index (χ0n) is 13.7. The highest BCUT2D eigenvalue weighted by atomic mass is 32.1. The third-order valence-corrected chi connectivity index (χ3v) is 4.02. The maximum Gasteiger partial charge on any atom is 0.412 e. The number of rotatable bonds is 4. The van der Waals surface area contributed by atoms with Gasteiger partial charge in [-0.2, -0.15) is 0 Å². The van der Waals surface area contributed by atoms with Crippen LogP contribution in [-0.4, -0.2) is 11.7 Å². The molecule has 1 N–H and O–H groups in total. The number of amides is 1. The molecule has 1 amide bonds. The van der Waals surface area contributed by atoms with E-state index in [4.69, 9.17) is 4.74 Å². The highest BCUT2D eigenvalue weighted by Gasteiger charge is 2.20. The Morgan fingerprint density at radius 3 is 2.35 bits per heavy atom. The van der Waals surface area contributed by atoms with Crippen LogP contribution in [0.4, 0.5) is 10.5 Å². The number of carbonyl (C=O) groups is 1. The van der Waals surface area contributed by atoms with Crippen molar-refractivity contribution in [2.45, 2.75) is 66.4 Å². The second kappa shape index (κ2) is 6.61. The van der Waals surface area contributed by atoms with Crippen LogP contribution < -0.4 is 5.32 Å². The Morgan fingerprint density at radius 1 is 1.30 bits per heavy atom. The topological polar surface area (TPSA) is 38.3 Å². The maximum atomic E-state index is 11.9. The van der Waals surface area contributed by atoms with Crippen molar-refractivity contribution in [1.82, 2.24) is 0 Å². The summed E-state index contributed by atoms with van der Waals surface area (Å²) in [6.45, 7) is 14.4. The van der Waals surface area contributed by atoms with Crippen LogP contribution in [0.2, 0.25) is 0 Å². The minimum absolute atomic E-state index is 0.379. The van der Waals surface area contributed by atoms with Gasteiger partial charge in [0.2, 0.25) is 0 Å². The summed E-state index contributed by atoms with van der Waals surface area (Å²) in [7, 11) is 0. The second-order valence-corrected chi connectivity index (χ2v) is 7.78. The van der Waals surface area contributed by atoms with Gasteiger partial charge in [-0.3, -0.25) is 5.32 Å². The molecule has 1 aromatic heterocycles. The molecule has 0 saturated heterocycles. The van der Waals surface area contributed by atoms with Crippen molar-refractivity contribution in [3.05, 3.63) is 15.8 Å². The summed E-state index contributed by atoms with van der Waals surface area (Å²) in [6, 6.07) is 0. The Kier molecular flexibility index (Phi) is 5.63. The van der Waals surface area contributed by atoms with E-state index in [-0.39, 0.29) is 6.09 Å². The lowest BCUT2D eigenvalue weighted by Crippen LogP contribution is -2.27. The minimum Gasteiger partial charge on any atom is -0.444 e. The standard InChI is InChI=1S/C16H27NO2S/c1-10(2)8-12-13(9-20-14(12)11(3)4)17-15(18)19-16(5,6)7/h9-11H,8H2,1-7H3,(H,17,18). The van der Waals surface area contributed by atoms with Crippen LogP contribution in [0.1, 0.15) is 64.8 Å². The average Bonchev–Trinajstić information content (AvgIpc) is 2.57. The molecule has 0 radical (unpaired) electrons. The molecule has 1 aromatic rings. The van der Waals surface area contributed by atoms with Crippen LogP contribution >= 0.6 is 11.3 Å². The fraction of sp³-hybridized carbons (Fsp3) is 0.688. The SMILES string of the molecule is CC(C)Cc1c(NC(=O)OC(C)(C)C)csc1C(C)C. The molecule has 114 valence electrons. The van der Waals surface area contributed by atoms with E-state index in [0.29, 0.717) is 11.8 Å². The normalized spacial score (nSPS) is 12.1. The van der Waals surface area contributed by atoms with Gasteiger partial charge in [-0.1, -0.05) is 27.7 Å². The third-order valence-electron chi connectivity index (χ3n) is 2.70. The molecule has 0 aliphatic heterocycles. The Hall–Kier alpha value is -1.03. The highest BCUT2D eigenvalue weighted by Crippen LogP contribution is 2.35. The van der Waals surface area contributed by atoms with E-state index in [1.807, 2.05) is 26.2 Å². The number of hydrogen-bond acceptors (Lipinski definition) is 3. The molecule has 4 heteroatoms. The van der Waals surface area contributed by atoms with Gasteiger partial charge in [-0.05, 0) is 44.6 Å². The first-order chi connectivity index (χ1) is 9.10. The summed E-state index contributed by atoms with van der Waals surface area (Å²) in [4.78, 5) is 13.3. The average molecular weight is 297 g/mol. The Bertz CT molecular complexity index is 456. The fourth-order valence-electron chi connectivity index (χ4n) is 2.02. The molecule has 1 heterocycles. The Labute approximate surface area is 126 Å². The van der Waals surface area contributed by atoms with Crippen LogP contribution in [0, 0.1) is 5.92 Å². The van der Waals surface area contributed by atoms with Crippen LogP contribution in [0.3, 0.4) is 0 Å². The molecule has 3 nitrogen and oxygen atoms in total. The predicted octanol–water partition coefficient (Wildman–Crippen LogP) is 5.42. The van der Waals surface area contributed by atoms with Crippen molar-refractivity contribution in [2.24, 2.45) is 5.92 Å². The maximum absolute atomic E-state index is 11.9. The zero-order chi connectivity index (χ0) is 15.5. The summed E-state index contributed by atoms with van der Waals surface area (Å²) in [5.74, 6) is 1.03. The number of hydrogen-bond donors (Lipinski definition) is 1. The van der Waals surface area contributed by atoms with E-state index in [0.717, 1.165) is 12.1 Å². The number of thiophene rings is 1. The van der Waals surface area contributed by atoms with Crippen molar-refractivity contribution in [3.8, 4) is 0 Å². The smallest absolute Gasteiger partial charge is 0.412 e. The molecular formula is C16H27NO2S. The van der Waals surface area contributed by atoms with Gasteiger partial charge in [0.1, 0.15) is 5.60 Å². The quantitative estimate of drug-likeness (QED) is 0.806. The first-order valence-corrected chi connectivity index (χ1v) is 8.08. The molecule has 0 unspecified atom stereocenters. The van der Waals surface area contributed by atoms with Gasteiger partial charge in [-0.25, -0.2) is 4.79 Å². The van der Waals surface area contributed by atoms with Crippen molar-refractivity contribution in [1.29, 1.82) is 0 Å². The van der Waals surface area contributed by atoms with Crippen molar-refractivity contribution in [2.75, 3.05) is 5.32 Å². The fourth-order valence-corrected chi connectivity index (χ4v) is 3.07. The summed E-state index contributed by atoms with van der Waals surface area (Å²) >= 11 is 1.72. The Balaban J connectivity index is 2.92.